The van der Waals surface area contributed by atoms with Gasteiger partial charge in [-0.05, 0) is 0 Å². The van der Waals surface area contributed by atoms with Crippen molar-refractivity contribution in [3.63, 3.8) is 0 Å². The minimum Gasteiger partial charge on any atom is -0.468 e. The molecule has 1 N–H and O–H groups in total. The van der Waals surface area contributed by atoms with Crippen LogP contribution in [0.1, 0.15) is 0 Å². The fraction of sp³-hybridized carbons (Fsp3) is 0.500. The highest BCUT2D eigenvalue weighted by Gasteiger charge is 2.44. The van der Waals surface area contributed by atoms with Crippen LogP contribution in [0, 0.1) is 10.1 Å². The summed E-state index contributed by atoms with van der Waals surface area (Å²) in [6.45, 7) is 0. The first-order valence-corrected chi connectivity index (χ1v) is 3.91. The van der Waals surface area contributed by atoms with Crippen LogP contribution >= 0.6 is 11.6 Å². The second-order valence-corrected chi connectivity index (χ2v) is 2.83. The van der Waals surface area contributed by atoms with Gasteiger partial charge in [-0.3, -0.25) is 10.1 Å². The van der Waals surface area contributed by atoms with Crippen LogP contribution in [0.5, 0.6) is 0 Å². The van der Waals surface area contributed by atoms with Gasteiger partial charge in [-0.2, -0.15) is 4.99 Å². The Balaban J connectivity index is 3.03. The lowest BCUT2D eigenvalue weighted by Crippen LogP contribution is -2.39. The Morgan fingerprint density at radius 3 is 2.79 bits per heavy atom. The van der Waals surface area contributed by atoms with Gasteiger partial charge in [0.05, 0.1) is 18.2 Å². The van der Waals surface area contributed by atoms with Crippen molar-refractivity contribution >= 4 is 17.6 Å². The first-order valence-electron chi connectivity index (χ1n) is 3.53. The number of nitro groups is 1. The van der Waals surface area contributed by atoms with E-state index >= 15 is 0 Å². The zero-order chi connectivity index (χ0) is 10.8. The smallest absolute Gasteiger partial charge is 0.336 e. The van der Waals surface area contributed by atoms with Crippen LogP contribution in [0.3, 0.4) is 0 Å². The van der Waals surface area contributed by atoms with E-state index in [1.807, 2.05) is 0 Å². The standard InChI is InChI=1S/C6H8ClN3O4/c1-13-5-8-3-4(10(11)12)6(7,9-5)14-2/h3H,1-2H3,(H,8,9). The SMILES string of the molecule is COC1=NC(Cl)(OC)C([N+](=O)[O-])=CN1. The Morgan fingerprint density at radius 1 is 1.71 bits per heavy atom. The van der Waals surface area contributed by atoms with E-state index in [4.69, 9.17) is 21.1 Å². The maximum atomic E-state index is 10.5. The number of hydrogen-bond donors (Lipinski definition) is 1. The summed E-state index contributed by atoms with van der Waals surface area (Å²) < 4.78 is 9.46. The molecule has 0 bridgehead atoms. The molecule has 0 aromatic carbocycles. The Bertz CT molecular complexity index is 316. The zero-order valence-corrected chi connectivity index (χ0v) is 8.24. The molecule has 14 heavy (non-hydrogen) atoms. The summed E-state index contributed by atoms with van der Waals surface area (Å²) in [5, 5.41) is 11.2. The van der Waals surface area contributed by atoms with Crippen molar-refractivity contribution in [3.8, 4) is 0 Å². The molecule has 1 unspecified atom stereocenters. The monoisotopic (exact) mass is 221 g/mol. The van der Waals surface area contributed by atoms with Gasteiger partial charge in [-0.25, -0.2) is 0 Å². The minimum absolute atomic E-state index is 0.0486. The van der Waals surface area contributed by atoms with Crippen molar-refractivity contribution in [2.75, 3.05) is 14.2 Å². The quantitative estimate of drug-likeness (QED) is 0.313. The molecule has 8 heteroatoms. The van der Waals surface area contributed by atoms with E-state index in [1.54, 1.807) is 0 Å². The molecule has 0 spiro atoms. The molecule has 0 fully saturated rings. The summed E-state index contributed by atoms with van der Waals surface area (Å²) in [6, 6.07) is 0.0486. The topological polar surface area (TPSA) is 86.0 Å². The van der Waals surface area contributed by atoms with Gasteiger partial charge < -0.3 is 14.8 Å². The van der Waals surface area contributed by atoms with Gasteiger partial charge in [0.2, 0.25) is 0 Å². The van der Waals surface area contributed by atoms with Crippen molar-refractivity contribution in [3.05, 3.63) is 22.0 Å². The molecule has 0 saturated heterocycles. The van der Waals surface area contributed by atoms with E-state index in [0.717, 1.165) is 6.20 Å². The normalized spacial score (nSPS) is 25.9. The average Bonchev–Trinajstić information content (AvgIpc) is 2.17. The fourth-order valence-electron chi connectivity index (χ4n) is 0.859. The lowest BCUT2D eigenvalue weighted by atomic mass is 10.4. The van der Waals surface area contributed by atoms with Crippen molar-refractivity contribution in [1.29, 1.82) is 0 Å². The Morgan fingerprint density at radius 2 is 2.36 bits per heavy atom. The van der Waals surface area contributed by atoms with Gasteiger partial charge >= 0.3 is 10.9 Å². The second-order valence-electron chi connectivity index (χ2n) is 2.32. The molecule has 78 valence electrons. The fourth-order valence-corrected chi connectivity index (χ4v) is 1.06. The second kappa shape index (κ2) is 3.81. The number of ether oxygens (including phenoxy) is 2. The predicted octanol–water partition coefficient (Wildman–Crippen LogP) is 0.249. The molecule has 1 atom stereocenters. The van der Waals surface area contributed by atoms with E-state index in [-0.39, 0.29) is 6.02 Å². The summed E-state index contributed by atoms with van der Waals surface area (Å²) >= 11 is 5.75. The number of hydrogen-bond acceptors (Lipinski definition) is 6. The van der Waals surface area contributed by atoms with Crippen molar-refractivity contribution < 1.29 is 14.4 Å². The van der Waals surface area contributed by atoms with Gasteiger partial charge in [0, 0.05) is 7.11 Å². The molecular weight excluding hydrogens is 214 g/mol. The number of amidine groups is 1. The molecule has 7 nitrogen and oxygen atoms in total. The van der Waals surface area contributed by atoms with E-state index in [9.17, 15) is 10.1 Å². The molecule has 0 saturated carbocycles. The van der Waals surface area contributed by atoms with Gasteiger partial charge in [-0.15, -0.1) is 0 Å². The van der Waals surface area contributed by atoms with E-state index in [0.29, 0.717) is 0 Å². The van der Waals surface area contributed by atoms with Crippen molar-refractivity contribution in [1.82, 2.24) is 5.32 Å². The Labute approximate surface area is 84.5 Å². The highest BCUT2D eigenvalue weighted by atomic mass is 35.5. The van der Waals surface area contributed by atoms with Crippen LogP contribution in [0.2, 0.25) is 0 Å². The number of nitrogens with one attached hydrogen (secondary N) is 1. The van der Waals surface area contributed by atoms with Crippen LogP contribution < -0.4 is 5.32 Å². The summed E-state index contributed by atoms with van der Waals surface area (Å²) in [4.78, 5) is 13.5. The third-order valence-electron chi connectivity index (χ3n) is 1.55. The molecule has 0 aliphatic carbocycles. The van der Waals surface area contributed by atoms with Gasteiger partial charge in [0.1, 0.15) is 0 Å². The molecule has 0 aromatic rings. The van der Waals surface area contributed by atoms with E-state index < -0.39 is 15.8 Å². The zero-order valence-electron chi connectivity index (χ0n) is 7.48. The molecule has 0 radical (unpaired) electrons. The summed E-state index contributed by atoms with van der Waals surface area (Å²) in [6.07, 6.45) is 1.07. The Hall–Kier alpha value is -1.34. The van der Waals surface area contributed by atoms with Crippen LogP contribution in [0.4, 0.5) is 0 Å². The molecule has 1 heterocycles. The number of methoxy groups -OCH3 is 2. The predicted molar refractivity (Wildman–Crippen MR) is 48.3 cm³/mol. The lowest BCUT2D eigenvalue weighted by molar-refractivity contribution is -0.440. The maximum absolute atomic E-state index is 10.5. The van der Waals surface area contributed by atoms with Gasteiger partial charge in [0.15, 0.2) is 0 Å². The molecule has 0 amide bonds. The number of nitrogens with zero attached hydrogens (tertiary/aromatic N) is 2. The molecule has 1 aliphatic heterocycles. The Kier molecular flexibility index (Phi) is 2.92. The van der Waals surface area contributed by atoms with Crippen LogP contribution in [0.25, 0.3) is 0 Å². The van der Waals surface area contributed by atoms with Crippen LogP contribution in [-0.4, -0.2) is 30.3 Å². The summed E-state index contributed by atoms with van der Waals surface area (Å²) in [5.41, 5.74) is -0.400. The van der Waals surface area contributed by atoms with Crippen molar-refractivity contribution in [2.45, 2.75) is 5.18 Å². The summed E-state index contributed by atoms with van der Waals surface area (Å²) in [7, 11) is 2.57. The highest BCUT2D eigenvalue weighted by Crippen LogP contribution is 2.29. The van der Waals surface area contributed by atoms with Gasteiger partial charge in [0.25, 0.3) is 6.02 Å². The third kappa shape index (κ3) is 1.78. The molecule has 1 rings (SSSR count). The molecular formula is C6H8ClN3O4. The minimum atomic E-state index is -1.83. The first-order chi connectivity index (χ1) is 6.53. The van der Waals surface area contributed by atoms with E-state index in [2.05, 4.69) is 10.3 Å². The maximum Gasteiger partial charge on any atom is 0.336 e. The van der Waals surface area contributed by atoms with Crippen molar-refractivity contribution in [2.24, 2.45) is 4.99 Å². The highest BCUT2D eigenvalue weighted by molar-refractivity contribution is 6.25. The molecule has 0 aromatic heterocycles. The first kappa shape index (κ1) is 10.7. The number of rotatable bonds is 2. The van der Waals surface area contributed by atoms with Gasteiger partial charge in [-0.1, -0.05) is 11.6 Å². The molecule has 1 aliphatic rings. The third-order valence-corrected chi connectivity index (χ3v) is 1.99. The number of alkyl halides is 1. The number of halogens is 1. The summed E-state index contributed by atoms with van der Waals surface area (Å²) in [5.74, 6) is 0. The van der Waals surface area contributed by atoms with Crippen LogP contribution in [0.15, 0.2) is 16.9 Å². The van der Waals surface area contributed by atoms with Crippen LogP contribution in [-0.2, 0) is 9.47 Å². The van der Waals surface area contributed by atoms with E-state index in [1.165, 1.54) is 14.2 Å². The number of aliphatic imine (C=N–C) groups is 1. The largest absolute Gasteiger partial charge is 0.468 e. The average molecular weight is 222 g/mol. The lowest BCUT2D eigenvalue weighted by Gasteiger charge is -2.21.